The van der Waals surface area contributed by atoms with Crippen LogP contribution in [0.2, 0.25) is 0 Å². The molecule has 2 nitrogen and oxygen atoms in total. The molecule has 96 valence electrons. The van der Waals surface area contributed by atoms with Crippen LogP contribution in [-0.2, 0) is 6.42 Å². The minimum absolute atomic E-state index is 0.558. The molecule has 1 aromatic carbocycles. The van der Waals surface area contributed by atoms with E-state index in [2.05, 4.69) is 31.2 Å². The Morgan fingerprint density at radius 2 is 1.76 bits per heavy atom. The van der Waals surface area contributed by atoms with Crippen molar-refractivity contribution in [3.63, 3.8) is 0 Å². The van der Waals surface area contributed by atoms with Crippen LogP contribution in [0, 0.1) is 6.92 Å². The van der Waals surface area contributed by atoms with E-state index in [9.17, 15) is 10.2 Å². The smallest absolute Gasteiger partial charge is 0.0799 e. The van der Waals surface area contributed by atoms with Crippen LogP contribution in [-0.4, -0.2) is 22.4 Å². The monoisotopic (exact) mass is 236 g/mol. The Labute approximate surface area is 104 Å². The number of hydrogen-bond donors (Lipinski definition) is 2. The van der Waals surface area contributed by atoms with Crippen molar-refractivity contribution in [2.45, 2.75) is 58.2 Å². The summed E-state index contributed by atoms with van der Waals surface area (Å²) in [5.74, 6) is 0. The van der Waals surface area contributed by atoms with Crippen molar-refractivity contribution in [2.75, 3.05) is 0 Å². The summed E-state index contributed by atoms with van der Waals surface area (Å²) >= 11 is 0. The summed E-state index contributed by atoms with van der Waals surface area (Å²) < 4.78 is 0. The fourth-order valence-corrected chi connectivity index (χ4v) is 2.02. The molecule has 0 amide bonds. The van der Waals surface area contributed by atoms with Gasteiger partial charge < -0.3 is 10.2 Å². The Hall–Kier alpha value is -0.860. The largest absolute Gasteiger partial charge is 0.390 e. The molecule has 2 heteroatoms. The third-order valence-electron chi connectivity index (χ3n) is 3.32. The lowest BCUT2D eigenvalue weighted by molar-refractivity contribution is 0.0115. The first-order valence-corrected chi connectivity index (χ1v) is 6.55. The maximum atomic E-state index is 9.62. The highest BCUT2D eigenvalue weighted by Crippen LogP contribution is 2.13. The highest BCUT2D eigenvalue weighted by molar-refractivity contribution is 5.25. The van der Waals surface area contributed by atoms with E-state index in [0.717, 1.165) is 19.3 Å². The van der Waals surface area contributed by atoms with E-state index in [1.54, 1.807) is 0 Å². The number of aliphatic hydroxyl groups is 2. The quantitative estimate of drug-likeness (QED) is 0.715. The average molecular weight is 236 g/mol. The number of rotatable bonds is 7. The molecule has 2 N–H and O–H groups in total. The highest BCUT2D eigenvalue weighted by atomic mass is 16.3. The van der Waals surface area contributed by atoms with Crippen LogP contribution in [0.4, 0.5) is 0 Å². The Bertz CT molecular complexity index is 322. The van der Waals surface area contributed by atoms with Crippen LogP contribution in [0.25, 0.3) is 0 Å². The first-order chi connectivity index (χ1) is 8.15. The molecule has 1 aromatic rings. The van der Waals surface area contributed by atoms with Crippen LogP contribution in [0.15, 0.2) is 24.3 Å². The summed E-state index contributed by atoms with van der Waals surface area (Å²) in [6, 6.07) is 8.41. The molecule has 0 heterocycles. The van der Waals surface area contributed by atoms with Crippen molar-refractivity contribution < 1.29 is 10.2 Å². The van der Waals surface area contributed by atoms with Gasteiger partial charge in [-0.2, -0.15) is 0 Å². The van der Waals surface area contributed by atoms with Gasteiger partial charge in [-0.1, -0.05) is 37.6 Å². The second kappa shape index (κ2) is 7.46. The van der Waals surface area contributed by atoms with Crippen molar-refractivity contribution in [3.8, 4) is 0 Å². The van der Waals surface area contributed by atoms with Gasteiger partial charge in [0.25, 0.3) is 0 Å². The van der Waals surface area contributed by atoms with Gasteiger partial charge in [-0.15, -0.1) is 0 Å². The molecule has 2 atom stereocenters. The van der Waals surface area contributed by atoms with Crippen LogP contribution in [0.1, 0.15) is 43.7 Å². The Kier molecular flexibility index (Phi) is 6.23. The molecule has 0 aliphatic heterocycles. The Balaban J connectivity index is 2.23. The van der Waals surface area contributed by atoms with Crippen molar-refractivity contribution in [2.24, 2.45) is 0 Å². The molecule has 0 radical (unpaired) electrons. The first-order valence-electron chi connectivity index (χ1n) is 6.55. The summed E-state index contributed by atoms with van der Waals surface area (Å²) in [5.41, 5.74) is 2.72. The molecule has 0 saturated heterocycles. The van der Waals surface area contributed by atoms with Crippen molar-refractivity contribution >= 4 is 0 Å². The number of hydrogen-bond acceptors (Lipinski definition) is 2. The van der Waals surface area contributed by atoms with Crippen molar-refractivity contribution in [1.82, 2.24) is 0 Å². The van der Waals surface area contributed by atoms with Gasteiger partial charge >= 0.3 is 0 Å². The fourth-order valence-electron chi connectivity index (χ4n) is 2.02. The van der Waals surface area contributed by atoms with Crippen molar-refractivity contribution in [1.29, 1.82) is 0 Å². The zero-order chi connectivity index (χ0) is 12.7. The SMILES string of the molecule is CC[C@H](O)[C@@H](O)CCCCc1ccccc1C. The van der Waals surface area contributed by atoms with E-state index in [0.29, 0.717) is 12.8 Å². The summed E-state index contributed by atoms with van der Waals surface area (Å²) in [6.07, 6.45) is 3.29. The minimum Gasteiger partial charge on any atom is -0.390 e. The highest BCUT2D eigenvalue weighted by Gasteiger charge is 2.12. The Morgan fingerprint density at radius 3 is 2.41 bits per heavy atom. The molecule has 0 aromatic heterocycles. The molecular weight excluding hydrogens is 212 g/mol. The van der Waals surface area contributed by atoms with Gasteiger partial charge in [0, 0.05) is 0 Å². The van der Waals surface area contributed by atoms with Crippen LogP contribution < -0.4 is 0 Å². The number of aryl methyl sites for hydroxylation is 2. The van der Waals surface area contributed by atoms with Gasteiger partial charge in [0.1, 0.15) is 0 Å². The molecule has 0 unspecified atom stereocenters. The zero-order valence-corrected chi connectivity index (χ0v) is 10.9. The van der Waals surface area contributed by atoms with Gasteiger partial charge in [-0.25, -0.2) is 0 Å². The third-order valence-corrected chi connectivity index (χ3v) is 3.32. The number of unbranched alkanes of at least 4 members (excludes halogenated alkanes) is 1. The lowest BCUT2D eigenvalue weighted by atomic mass is 10.00. The summed E-state index contributed by atoms with van der Waals surface area (Å²) in [6.45, 7) is 4.02. The van der Waals surface area contributed by atoms with Crippen LogP contribution >= 0.6 is 0 Å². The van der Waals surface area contributed by atoms with Crippen LogP contribution in [0.3, 0.4) is 0 Å². The summed E-state index contributed by atoms with van der Waals surface area (Å²) in [4.78, 5) is 0. The molecule has 0 fully saturated rings. The maximum Gasteiger partial charge on any atom is 0.0799 e. The van der Waals surface area contributed by atoms with Crippen molar-refractivity contribution in [3.05, 3.63) is 35.4 Å². The molecule has 0 spiro atoms. The van der Waals surface area contributed by atoms with Crippen LogP contribution in [0.5, 0.6) is 0 Å². The van der Waals surface area contributed by atoms with E-state index in [1.165, 1.54) is 11.1 Å². The third kappa shape index (κ3) is 4.88. The second-order valence-corrected chi connectivity index (χ2v) is 4.72. The average Bonchev–Trinajstić information content (AvgIpc) is 2.35. The summed E-state index contributed by atoms with van der Waals surface area (Å²) in [5, 5.41) is 19.1. The van der Waals surface area contributed by atoms with Gasteiger partial charge in [-0.05, 0) is 43.7 Å². The molecular formula is C15H24O2. The van der Waals surface area contributed by atoms with Gasteiger partial charge in [0.15, 0.2) is 0 Å². The zero-order valence-electron chi connectivity index (χ0n) is 10.9. The van der Waals surface area contributed by atoms with E-state index in [-0.39, 0.29) is 0 Å². The fraction of sp³-hybridized carbons (Fsp3) is 0.600. The molecule has 1 rings (SSSR count). The molecule has 17 heavy (non-hydrogen) atoms. The topological polar surface area (TPSA) is 40.5 Å². The lowest BCUT2D eigenvalue weighted by Crippen LogP contribution is -2.24. The predicted octanol–water partition coefficient (Wildman–Crippen LogP) is 2.84. The molecule has 0 aliphatic carbocycles. The van der Waals surface area contributed by atoms with E-state index in [4.69, 9.17) is 0 Å². The predicted molar refractivity (Wildman–Crippen MR) is 71.0 cm³/mol. The minimum atomic E-state index is -0.562. The Morgan fingerprint density at radius 1 is 1.06 bits per heavy atom. The first kappa shape index (κ1) is 14.2. The number of benzene rings is 1. The van der Waals surface area contributed by atoms with E-state index in [1.807, 2.05) is 6.92 Å². The second-order valence-electron chi connectivity index (χ2n) is 4.72. The standard InChI is InChI=1S/C15H24O2/c1-3-14(16)15(17)11-7-6-10-13-9-5-4-8-12(13)2/h4-5,8-9,14-17H,3,6-7,10-11H2,1-2H3/t14-,15-/m0/s1. The molecule has 0 saturated carbocycles. The lowest BCUT2D eigenvalue weighted by Gasteiger charge is -2.15. The molecule has 0 bridgehead atoms. The van der Waals surface area contributed by atoms with E-state index < -0.39 is 12.2 Å². The normalized spacial score (nSPS) is 14.6. The number of aliphatic hydroxyl groups excluding tert-OH is 2. The van der Waals surface area contributed by atoms with Gasteiger partial charge in [0.2, 0.25) is 0 Å². The van der Waals surface area contributed by atoms with E-state index >= 15 is 0 Å². The van der Waals surface area contributed by atoms with Gasteiger partial charge in [-0.3, -0.25) is 0 Å². The molecule has 0 aliphatic rings. The van der Waals surface area contributed by atoms with Gasteiger partial charge in [0.05, 0.1) is 12.2 Å². The summed E-state index contributed by atoms with van der Waals surface area (Å²) in [7, 11) is 0. The maximum absolute atomic E-state index is 9.62.